The van der Waals surface area contributed by atoms with Crippen LogP contribution in [-0.2, 0) is 6.61 Å². The Bertz CT molecular complexity index is 1010. The Morgan fingerprint density at radius 3 is 2.52 bits per heavy atom. The van der Waals surface area contributed by atoms with Gasteiger partial charge in [0.15, 0.2) is 5.76 Å². The molecule has 1 atom stereocenters. The first kappa shape index (κ1) is 18.9. The number of nitrogens with zero attached hydrogens (tertiary/aromatic N) is 1. The molecule has 10 heteroatoms. The molecule has 2 aromatic rings. The summed E-state index contributed by atoms with van der Waals surface area (Å²) in [6.45, 7) is -0.558. The molecule has 3 N–H and O–H groups in total. The van der Waals surface area contributed by atoms with Gasteiger partial charge >= 0.3 is 5.51 Å². The van der Waals surface area contributed by atoms with Gasteiger partial charge in [0, 0.05) is 11.0 Å². The smallest absolute Gasteiger partial charge is 0.446 e. The van der Waals surface area contributed by atoms with E-state index in [9.17, 15) is 28.3 Å². The molecule has 2 heterocycles. The van der Waals surface area contributed by atoms with E-state index in [0.29, 0.717) is 5.56 Å². The second-order valence-electron chi connectivity index (χ2n) is 5.47. The number of alkyl halides is 3. The molecule has 1 unspecified atom stereocenters. The Hall–Kier alpha value is -2.90. The van der Waals surface area contributed by atoms with Crippen LogP contribution < -0.4 is 15.9 Å². The predicted molar refractivity (Wildman–Crippen MR) is 88.6 cm³/mol. The van der Waals surface area contributed by atoms with Crippen LogP contribution in [0.3, 0.4) is 0 Å². The van der Waals surface area contributed by atoms with Gasteiger partial charge in [-0.3, -0.25) is 4.79 Å². The molecular formula is C17H11F3N2O4S. The van der Waals surface area contributed by atoms with Crippen LogP contribution in [0.15, 0.2) is 55.9 Å². The fourth-order valence-electron chi connectivity index (χ4n) is 2.66. The number of nitriles is 1. The average Bonchev–Trinajstić information content (AvgIpc) is 2.60. The lowest BCUT2D eigenvalue weighted by Gasteiger charge is -2.24. The van der Waals surface area contributed by atoms with E-state index in [2.05, 4.69) is 0 Å². The van der Waals surface area contributed by atoms with E-state index >= 15 is 0 Å². The Balaban J connectivity index is 2.12. The number of thioether (sulfide) groups is 1. The number of hydrogen-bond donors (Lipinski definition) is 2. The molecule has 1 aromatic heterocycles. The summed E-state index contributed by atoms with van der Waals surface area (Å²) in [5, 5.41) is 18.7. The summed E-state index contributed by atoms with van der Waals surface area (Å²) in [6, 6.07) is 8.14. The Morgan fingerprint density at radius 2 is 1.96 bits per heavy atom. The molecule has 0 spiro atoms. The molecule has 0 bridgehead atoms. The number of benzene rings is 1. The largest absolute Gasteiger partial charge is 0.458 e. The van der Waals surface area contributed by atoms with Crippen molar-refractivity contribution in [3.05, 3.63) is 69.1 Å². The first-order valence-electron chi connectivity index (χ1n) is 7.44. The van der Waals surface area contributed by atoms with E-state index in [1.54, 1.807) is 0 Å². The van der Waals surface area contributed by atoms with Gasteiger partial charge in [0.2, 0.25) is 17.1 Å². The Labute approximate surface area is 154 Å². The molecule has 140 valence electrons. The topological polar surface area (TPSA) is 109 Å². The lowest BCUT2D eigenvalue weighted by molar-refractivity contribution is -0.0328. The van der Waals surface area contributed by atoms with Crippen LogP contribution in [0.2, 0.25) is 0 Å². The minimum atomic E-state index is -4.43. The second kappa shape index (κ2) is 7.02. The number of fused-ring (bicyclic) bond motifs is 1. The van der Waals surface area contributed by atoms with Crippen LogP contribution in [0.4, 0.5) is 13.2 Å². The fourth-order valence-corrected chi connectivity index (χ4v) is 3.20. The van der Waals surface area contributed by atoms with Gasteiger partial charge in [-0.15, -0.1) is 0 Å². The number of aliphatic hydroxyl groups excluding tert-OH is 1. The highest BCUT2D eigenvalue weighted by atomic mass is 32.2. The maximum atomic E-state index is 12.5. The summed E-state index contributed by atoms with van der Waals surface area (Å²) in [5.74, 6) is -1.58. The van der Waals surface area contributed by atoms with E-state index in [0.717, 1.165) is 6.07 Å². The number of rotatable bonds is 3. The van der Waals surface area contributed by atoms with Crippen LogP contribution in [0.1, 0.15) is 23.0 Å². The van der Waals surface area contributed by atoms with Crippen molar-refractivity contribution in [3.63, 3.8) is 0 Å². The van der Waals surface area contributed by atoms with Gasteiger partial charge in [0.1, 0.15) is 24.0 Å². The third-order valence-corrected chi connectivity index (χ3v) is 4.47. The van der Waals surface area contributed by atoms with Crippen molar-refractivity contribution < 1.29 is 27.4 Å². The first-order valence-corrected chi connectivity index (χ1v) is 8.26. The van der Waals surface area contributed by atoms with Crippen molar-refractivity contribution >= 4 is 11.8 Å². The van der Waals surface area contributed by atoms with Crippen molar-refractivity contribution in [1.29, 1.82) is 5.26 Å². The van der Waals surface area contributed by atoms with Crippen molar-refractivity contribution in [1.82, 2.24) is 0 Å². The predicted octanol–water partition coefficient (Wildman–Crippen LogP) is 2.96. The van der Waals surface area contributed by atoms with E-state index < -0.39 is 23.5 Å². The summed E-state index contributed by atoms with van der Waals surface area (Å²) >= 11 is -0.276. The molecule has 0 saturated carbocycles. The first-order chi connectivity index (χ1) is 12.7. The van der Waals surface area contributed by atoms with Crippen LogP contribution in [0.25, 0.3) is 0 Å². The molecule has 0 aliphatic carbocycles. The highest BCUT2D eigenvalue weighted by molar-refractivity contribution is 8.00. The number of aliphatic hydroxyl groups is 1. The zero-order valence-corrected chi connectivity index (χ0v) is 14.2. The molecular weight excluding hydrogens is 385 g/mol. The molecule has 1 aromatic carbocycles. The summed E-state index contributed by atoms with van der Waals surface area (Å²) in [6.07, 6.45) is 0. The Morgan fingerprint density at radius 1 is 1.30 bits per heavy atom. The maximum Gasteiger partial charge on any atom is 0.446 e. The highest BCUT2D eigenvalue weighted by Gasteiger charge is 2.35. The normalized spacial score (nSPS) is 16.5. The minimum absolute atomic E-state index is 0.0421. The van der Waals surface area contributed by atoms with Crippen molar-refractivity contribution in [2.75, 3.05) is 0 Å². The van der Waals surface area contributed by atoms with E-state index in [1.807, 2.05) is 6.07 Å². The van der Waals surface area contributed by atoms with Gasteiger partial charge in [0.05, 0.1) is 5.92 Å². The molecule has 27 heavy (non-hydrogen) atoms. The summed E-state index contributed by atoms with van der Waals surface area (Å²) in [5.41, 5.74) is 1.02. The molecule has 0 fully saturated rings. The molecule has 1 aliphatic heterocycles. The zero-order valence-electron chi connectivity index (χ0n) is 13.4. The van der Waals surface area contributed by atoms with Gasteiger partial charge in [-0.2, -0.15) is 18.4 Å². The zero-order chi connectivity index (χ0) is 19.8. The van der Waals surface area contributed by atoms with Crippen LogP contribution in [-0.4, -0.2) is 10.6 Å². The van der Waals surface area contributed by atoms with E-state index in [4.69, 9.17) is 14.9 Å². The summed E-state index contributed by atoms with van der Waals surface area (Å²) in [7, 11) is 0. The average molecular weight is 396 g/mol. The van der Waals surface area contributed by atoms with Crippen molar-refractivity contribution in [2.24, 2.45) is 5.73 Å². The third-order valence-electron chi connectivity index (χ3n) is 3.73. The van der Waals surface area contributed by atoms with Gasteiger partial charge in [0.25, 0.3) is 0 Å². The fraction of sp³-hybridized carbons (Fsp3) is 0.176. The molecule has 3 rings (SSSR count). The summed E-state index contributed by atoms with van der Waals surface area (Å²) in [4.78, 5) is 12.1. The molecule has 0 radical (unpaired) electrons. The second-order valence-corrected chi connectivity index (χ2v) is 6.61. The number of hydrogen-bond acceptors (Lipinski definition) is 7. The van der Waals surface area contributed by atoms with Crippen molar-refractivity contribution in [2.45, 2.75) is 22.9 Å². The van der Waals surface area contributed by atoms with Gasteiger partial charge < -0.3 is 20.0 Å². The molecule has 0 saturated heterocycles. The van der Waals surface area contributed by atoms with Crippen LogP contribution in [0.5, 0.6) is 5.75 Å². The quantitative estimate of drug-likeness (QED) is 0.768. The standard InChI is InChI=1S/C17H11F3N2O4S/c18-17(19,20)27-10-3-1-8(2-4-10)13-11(6-21)16(22)26-14-12(24)5-9(7-23)25-15(13)14/h1-5,13,23H,7,22H2. The number of ether oxygens (including phenoxy) is 1. The van der Waals surface area contributed by atoms with Gasteiger partial charge in [-0.05, 0) is 29.5 Å². The SMILES string of the molecule is N#CC1=C(N)Oc2c(oc(CO)cc2=O)C1c1ccc(SC(F)(F)F)cc1. The van der Waals surface area contributed by atoms with Crippen LogP contribution >= 0.6 is 11.8 Å². The number of halogens is 3. The van der Waals surface area contributed by atoms with Gasteiger partial charge in [-0.1, -0.05) is 12.1 Å². The van der Waals surface area contributed by atoms with Crippen molar-refractivity contribution in [3.8, 4) is 11.8 Å². The molecule has 6 nitrogen and oxygen atoms in total. The van der Waals surface area contributed by atoms with E-state index in [-0.39, 0.29) is 45.4 Å². The summed E-state index contributed by atoms with van der Waals surface area (Å²) < 4.78 is 48.2. The maximum absolute atomic E-state index is 12.5. The molecule has 0 amide bonds. The third kappa shape index (κ3) is 3.79. The highest BCUT2D eigenvalue weighted by Crippen LogP contribution is 2.42. The monoisotopic (exact) mass is 396 g/mol. The van der Waals surface area contributed by atoms with Crippen LogP contribution in [0, 0.1) is 11.3 Å². The number of allylic oxidation sites excluding steroid dienone is 1. The van der Waals surface area contributed by atoms with Gasteiger partial charge in [-0.25, -0.2) is 0 Å². The number of nitrogens with two attached hydrogens (primary N) is 1. The van der Waals surface area contributed by atoms with E-state index in [1.165, 1.54) is 24.3 Å². The minimum Gasteiger partial charge on any atom is -0.458 e. The lowest BCUT2D eigenvalue weighted by Crippen LogP contribution is -2.25. The molecule has 1 aliphatic rings. The lowest BCUT2D eigenvalue weighted by atomic mass is 9.87. The Kier molecular flexibility index (Phi) is 4.91.